The van der Waals surface area contributed by atoms with E-state index in [2.05, 4.69) is 16.0 Å². The summed E-state index contributed by atoms with van der Waals surface area (Å²) in [7, 11) is 0. The standard InChI is InChI=1S/C15H27N3O4/c1-2-3-10-17-14(22)18-15(8-5-4-6-9-15)13(21)16-11-7-12(19)20/h2-11H2,1H3,(H,16,21)(H,19,20)(H2,17,18,22). The zero-order valence-corrected chi connectivity index (χ0v) is 13.2. The molecule has 1 aliphatic rings. The molecule has 0 atom stereocenters. The van der Waals surface area contributed by atoms with E-state index in [9.17, 15) is 14.4 Å². The number of unbranched alkanes of at least 4 members (excludes halogenated alkanes) is 1. The van der Waals surface area contributed by atoms with Gasteiger partial charge in [-0.25, -0.2) is 4.79 Å². The lowest BCUT2D eigenvalue weighted by Crippen LogP contribution is -2.61. The minimum Gasteiger partial charge on any atom is -0.481 e. The van der Waals surface area contributed by atoms with Gasteiger partial charge in [-0.05, 0) is 19.3 Å². The average molecular weight is 313 g/mol. The minimum absolute atomic E-state index is 0.0784. The number of carboxylic acid groups (broad SMARTS) is 1. The van der Waals surface area contributed by atoms with Crippen molar-refractivity contribution in [3.8, 4) is 0 Å². The molecule has 7 heteroatoms. The van der Waals surface area contributed by atoms with E-state index in [1.807, 2.05) is 6.92 Å². The molecule has 0 saturated heterocycles. The fraction of sp³-hybridized carbons (Fsp3) is 0.800. The topological polar surface area (TPSA) is 108 Å². The number of carboxylic acids is 1. The molecule has 0 aromatic carbocycles. The van der Waals surface area contributed by atoms with Crippen LogP contribution in [0.5, 0.6) is 0 Å². The van der Waals surface area contributed by atoms with Crippen LogP contribution in [0.4, 0.5) is 4.79 Å². The van der Waals surface area contributed by atoms with E-state index in [0.29, 0.717) is 19.4 Å². The molecule has 0 radical (unpaired) electrons. The molecule has 7 nitrogen and oxygen atoms in total. The van der Waals surface area contributed by atoms with Gasteiger partial charge in [0, 0.05) is 13.1 Å². The molecule has 0 aromatic heterocycles. The predicted octanol–water partition coefficient (Wildman–Crippen LogP) is 1.38. The second kappa shape index (κ2) is 9.27. The third kappa shape index (κ3) is 5.91. The quantitative estimate of drug-likeness (QED) is 0.508. The summed E-state index contributed by atoms with van der Waals surface area (Å²) < 4.78 is 0. The summed E-state index contributed by atoms with van der Waals surface area (Å²) in [5, 5.41) is 16.9. The van der Waals surface area contributed by atoms with Crippen molar-refractivity contribution in [1.82, 2.24) is 16.0 Å². The van der Waals surface area contributed by atoms with Crippen molar-refractivity contribution in [1.29, 1.82) is 0 Å². The van der Waals surface area contributed by atoms with Gasteiger partial charge in [-0.2, -0.15) is 0 Å². The van der Waals surface area contributed by atoms with Crippen LogP contribution in [0, 0.1) is 0 Å². The minimum atomic E-state index is -0.955. The maximum Gasteiger partial charge on any atom is 0.315 e. The van der Waals surface area contributed by atoms with Gasteiger partial charge < -0.3 is 21.1 Å². The van der Waals surface area contributed by atoms with Gasteiger partial charge in [0.2, 0.25) is 5.91 Å². The van der Waals surface area contributed by atoms with E-state index in [1.165, 1.54) is 0 Å². The third-order valence-corrected chi connectivity index (χ3v) is 3.93. The van der Waals surface area contributed by atoms with Crippen molar-refractivity contribution < 1.29 is 19.5 Å². The summed E-state index contributed by atoms with van der Waals surface area (Å²) in [6, 6.07) is -0.330. The maximum atomic E-state index is 12.4. The van der Waals surface area contributed by atoms with E-state index in [-0.39, 0.29) is 24.9 Å². The van der Waals surface area contributed by atoms with Gasteiger partial charge in [0.05, 0.1) is 6.42 Å². The monoisotopic (exact) mass is 313 g/mol. The van der Waals surface area contributed by atoms with E-state index in [1.54, 1.807) is 0 Å². The molecular weight excluding hydrogens is 286 g/mol. The van der Waals surface area contributed by atoms with Crippen LogP contribution in [0.1, 0.15) is 58.3 Å². The van der Waals surface area contributed by atoms with Crippen LogP contribution in [-0.4, -0.2) is 41.6 Å². The Morgan fingerprint density at radius 1 is 1.05 bits per heavy atom. The molecule has 1 aliphatic carbocycles. The Kier molecular flexibility index (Phi) is 7.70. The van der Waals surface area contributed by atoms with Crippen molar-refractivity contribution in [3.05, 3.63) is 0 Å². The Bertz CT molecular complexity index is 392. The third-order valence-electron chi connectivity index (χ3n) is 3.93. The fourth-order valence-corrected chi connectivity index (χ4v) is 2.66. The molecule has 0 heterocycles. The first-order chi connectivity index (χ1) is 10.5. The molecule has 4 N–H and O–H groups in total. The second-order valence-corrected chi connectivity index (χ2v) is 5.78. The van der Waals surface area contributed by atoms with Gasteiger partial charge in [0.25, 0.3) is 0 Å². The van der Waals surface area contributed by atoms with Crippen LogP contribution < -0.4 is 16.0 Å². The summed E-state index contributed by atoms with van der Waals surface area (Å²) >= 11 is 0. The molecule has 1 rings (SSSR count). The smallest absolute Gasteiger partial charge is 0.315 e. The number of carbonyl (C=O) groups is 3. The molecule has 0 aromatic rings. The summed E-state index contributed by atoms with van der Waals surface area (Å²) in [6.07, 6.45) is 5.74. The molecule has 1 saturated carbocycles. The highest BCUT2D eigenvalue weighted by molar-refractivity contribution is 5.91. The Hall–Kier alpha value is -1.79. The van der Waals surface area contributed by atoms with Crippen molar-refractivity contribution >= 4 is 17.9 Å². The van der Waals surface area contributed by atoms with E-state index in [4.69, 9.17) is 5.11 Å². The SMILES string of the molecule is CCCCNC(=O)NC1(C(=O)NCCC(=O)O)CCCCC1. The molecular formula is C15H27N3O4. The number of hydrogen-bond acceptors (Lipinski definition) is 3. The molecule has 0 bridgehead atoms. The van der Waals surface area contributed by atoms with Gasteiger partial charge in [0.15, 0.2) is 0 Å². The van der Waals surface area contributed by atoms with Gasteiger partial charge in [0.1, 0.15) is 5.54 Å². The lowest BCUT2D eigenvalue weighted by atomic mass is 9.81. The van der Waals surface area contributed by atoms with Crippen molar-refractivity contribution in [2.24, 2.45) is 0 Å². The Morgan fingerprint density at radius 3 is 2.32 bits per heavy atom. The number of rotatable bonds is 8. The van der Waals surface area contributed by atoms with Gasteiger partial charge in [-0.1, -0.05) is 32.6 Å². The number of carbonyl (C=O) groups excluding carboxylic acids is 2. The van der Waals surface area contributed by atoms with Crippen molar-refractivity contribution in [2.45, 2.75) is 63.8 Å². The fourth-order valence-electron chi connectivity index (χ4n) is 2.66. The summed E-state index contributed by atoms with van der Waals surface area (Å²) in [5.74, 6) is -1.23. The maximum absolute atomic E-state index is 12.4. The van der Waals surface area contributed by atoms with Crippen molar-refractivity contribution in [3.63, 3.8) is 0 Å². The first-order valence-corrected chi connectivity index (χ1v) is 8.06. The normalized spacial score (nSPS) is 16.6. The van der Waals surface area contributed by atoms with Gasteiger partial charge in [-0.3, -0.25) is 9.59 Å². The number of aliphatic carboxylic acids is 1. The van der Waals surface area contributed by atoms with E-state index in [0.717, 1.165) is 32.1 Å². The number of hydrogen-bond donors (Lipinski definition) is 4. The first-order valence-electron chi connectivity index (χ1n) is 8.06. The average Bonchev–Trinajstić information content (AvgIpc) is 2.48. The second-order valence-electron chi connectivity index (χ2n) is 5.78. The number of amides is 3. The van der Waals surface area contributed by atoms with Gasteiger partial charge >= 0.3 is 12.0 Å². The van der Waals surface area contributed by atoms with Gasteiger partial charge in [-0.15, -0.1) is 0 Å². The summed E-state index contributed by atoms with van der Waals surface area (Å²) in [5.41, 5.74) is -0.910. The Balaban J connectivity index is 2.58. The molecule has 22 heavy (non-hydrogen) atoms. The molecule has 0 aliphatic heterocycles. The van der Waals surface area contributed by atoms with E-state index >= 15 is 0 Å². The number of urea groups is 1. The van der Waals surface area contributed by atoms with Crippen LogP contribution >= 0.6 is 0 Å². The van der Waals surface area contributed by atoms with Crippen LogP contribution in [-0.2, 0) is 9.59 Å². The van der Waals surface area contributed by atoms with Crippen LogP contribution in [0.2, 0.25) is 0 Å². The van der Waals surface area contributed by atoms with Crippen LogP contribution in [0.15, 0.2) is 0 Å². The zero-order chi connectivity index (χ0) is 16.4. The molecule has 126 valence electrons. The predicted molar refractivity (Wildman–Crippen MR) is 82.5 cm³/mol. The molecule has 0 spiro atoms. The van der Waals surface area contributed by atoms with Crippen molar-refractivity contribution in [2.75, 3.05) is 13.1 Å². The molecule has 1 fully saturated rings. The highest BCUT2D eigenvalue weighted by atomic mass is 16.4. The zero-order valence-electron chi connectivity index (χ0n) is 13.2. The highest BCUT2D eigenvalue weighted by Crippen LogP contribution is 2.28. The largest absolute Gasteiger partial charge is 0.481 e. The highest BCUT2D eigenvalue weighted by Gasteiger charge is 2.40. The van der Waals surface area contributed by atoms with E-state index < -0.39 is 11.5 Å². The Morgan fingerprint density at radius 2 is 1.73 bits per heavy atom. The van der Waals surface area contributed by atoms with Crippen LogP contribution in [0.3, 0.4) is 0 Å². The Labute approximate surface area is 131 Å². The lowest BCUT2D eigenvalue weighted by molar-refractivity contribution is -0.137. The summed E-state index contributed by atoms with van der Waals surface area (Å²) in [4.78, 5) is 34.9. The first kappa shape index (κ1) is 18.3. The summed E-state index contributed by atoms with van der Waals surface area (Å²) in [6.45, 7) is 2.70. The molecule has 3 amide bonds. The number of nitrogens with one attached hydrogen (secondary N) is 3. The lowest BCUT2D eigenvalue weighted by Gasteiger charge is -2.36. The van der Waals surface area contributed by atoms with Crippen LogP contribution in [0.25, 0.3) is 0 Å². The molecule has 0 unspecified atom stereocenters.